The van der Waals surface area contributed by atoms with E-state index in [2.05, 4.69) is 10.3 Å². The van der Waals surface area contributed by atoms with Crippen molar-refractivity contribution in [2.45, 2.75) is 13.3 Å². The van der Waals surface area contributed by atoms with Crippen LogP contribution in [0.2, 0.25) is 0 Å². The number of amides is 1. The second-order valence-electron chi connectivity index (χ2n) is 5.00. The highest BCUT2D eigenvalue weighted by atomic mass is 32.2. The zero-order chi connectivity index (χ0) is 16.7. The molecule has 1 amide bonds. The third-order valence-corrected chi connectivity index (χ3v) is 4.40. The van der Waals surface area contributed by atoms with Gasteiger partial charge in [-0.15, -0.1) is 0 Å². The van der Waals surface area contributed by atoms with Crippen LogP contribution in [-0.4, -0.2) is 53.4 Å². The van der Waals surface area contributed by atoms with E-state index in [4.69, 9.17) is 12.2 Å². The molecule has 7 heteroatoms. The maximum atomic E-state index is 11.5. The molecule has 0 saturated carbocycles. The molecule has 0 radical (unpaired) electrons. The Bertz CT molecular complexity index is 570. The molecule has 22 heavy (non-hydrogen) atoms. The van der Waals surface area contributed by atoms with Crippen molar-refractivity contribution < 1.29 is 4.79 Å². The molecule has 0 aliphatic heterocycles. The number of hydrogen-bond acceptors (Lipinski definition) is 4. The van der Waals surface area contributed by atoms with Gasteiger partial charge in [-0.25, -0.2) is 4.99 Å². The first kappa shape index (κ1) is 18.4. The van der Waals surface area contributed by atoms with Crippen molar-refractivity contribution in [2.24, 2.45) is 4.99 Å². The van der Waals surface area contributed by atoms with Crippen molar-refractivity contribution >= 4 is 50.7 Å². The number of carbonyl (C=O) groups excluding carboxylic acids is 1. The number of thioether (sulfide) groups is 1. The van der Waals surface area contributed by atoms with E-state index in [1.807, 2.05) is 69.2 Å². The van der Waals surface area contributed by atoms with E-state index >= 15 is 0 Å². The smallest absolute Gasteiger partial charge is 0.224 e. The number of nitrogens with one attached hydrogen (secondary N) is 1. The number of anilines is 1. The normalized spacial score (nSPS) is 11.0. The summed E-state index contributed by atoms with van der Waals surface area (Å²) in [5.74, 6) is -0.0166. The molecule has 0 aliphatic rings. The predicted molar refractivity (Wildman–Crippen MR) is 100 cm³/mol. The first-order valence-corrected chi connectivity index (χ1v) is 8.11. The lowest BCUT2D eigenvalue weighted by atomic mass is 10.2. The van der Waals surface area contributed by atoms with E-state index in [1.54, 1.807) is 0 Å². The third kappa shape index (κ3) is 6.03. The summed E-state index contributed by atoms with van der Waals surface area (Å²) in [6.07, 6.45) is 0.448. The minimum atomic E-state index is -0.0166. The van der Waals surface area contributed by atoms with Crippen LogP contribution in [0, 0.1) is 0 Å². The van der Waals surface area contributed by atoms with Crippen LogP contribution >= 0.6 is 24.0 Å². The Hall–Kier alpha value is -1.60. The van der Waals surface area contributed by atoms with Gasteiger partial charge in [-0.3, -0.25) is 4.79 Å². The second kappa shape index (κ2) is 8.75. The van der Waals surface area contributed by atoms with Crippen LogP contribution in [0.3, 0.4) is 0 Å². The monoisotopic (exact) mass is 338 g/mol. The summed E-state index contributed by atoms with van der Waals surface area (Å²) in [6, 6.07) is 7.45. The number of benzene rings is 1. The highest BCUT2D eigenvalue weighted by molar-refractivity contribution is 8.32. The number of thiocarbonyl (C=S) groups is 1. The molecule has 0 bridgehead atoms. The van der Waals surface area contributed by atoms with Crippen molar-refractivity contribution in [2.75, 3.05) is 33.5 Å². The largest absolute Gasteiger partial charge is 0.363 e. The van der Waals surface area contributed by atoms with E-state index in [-0.39, 0.29) is 5.91 Å². The van der Waals surface area contributed by atoms with Crippen LogP contribution in [0.15, 0.2) is 29.3 Å². The van der Waals surface area contributed by atoms with Gasteiger partial charge in [0.05, 0.1) is 5.69 Å². The van der Waals surface area contributed by atoms with Crippen molar-refractivity contribution in [1.29, 1.82) is 0 Å². The molecular formula is C15H22N4OS2. The zero-order valence-electron chi connectivity index (χ0n) is 13.6. The fourth-order valence-electron chi connectivity index (χ4n) is 1.40. The highest BCUT2D eigenvalue weighted by Crippen LogP contribution is 2.22. The average Bonchev–Trinajstić information content (AvgIpc) is 2.46. The summed E-state index contributed by atoms with van der Waals surface area (Å²) < 4.78 is 0.739. The lowest BCUT2D eigenvalue weighted by Gasteiger charge is -2.18. The quantitative estimate of drug-likeness (QED) is 0.521. The molecule has 0 saturated heterocycles. The SMILES string of the molecule is CCC(=O)Nc1cccc(N=C(SC(=S)N(C)C)N(C)C)c1. The fraction of sp³-hybridized carbons (Fsp3) is 0.400. The molecule has 1 rings (SSSR count). The minimum Gasteiger partial charge on any atom is -0.363 e. The van der Waals surface area contributed by atoms with Gasteiger partial charge in [-0.05, 0) is 30.0 Å². The van der Waals surface area contributed by atoms with Crippen LogP contribution in [-0.2, 0) is 4.79 Å². The summed E-state index contributed by atoms with van der Waals surface area (Å²) in [5, 5.41) is 3.62. The molecule has 120 valence electrons. The summed E-state index contributed by atoms with van der Waals surface area (Å²) >= 11 is 6.74. The van der Waals surface area contributed by atoms with Gasteiger partial charge in [0.25, 0.3) is 0 Å². The lowest BCUT2D eigenvalue weighted by Crippen LogP contribution is -2.24. The molecule has 0 unspecified atom stereocenters. The first-order valence-electron chi connectivity index (χ1n) is 6.88. The molecule has 0 heterocycles. The molecule has 0 fully saturated rings. The lowest BCUT2D eigenvalue weighted by molar-refractivity contribution is -0.115. The van der Waals surface area contributed by atoms with Crippen LogP contribution in [0.5, 0.6) is 0 Å². The first-order chi connectivity index (χ1) is 10.3. The summed E-state index contributed by atoms with van der Waals surface area (Å²) in [5.41, 5.74) is 1.51. The Morgan fingerprint density at radius 1 is 1.27 bits per heavy atom. The van der Waals surface area contributed by atoms with Gasteiger partial charge in [0, 0.05) is 40.3 Å². The van der Waals surface area contributed by atoms with Gasteiger partial charge in [0.15, 0.2) is 5.17 Å². The van der Waals surface area contributed by atoms with E-state index < -0.39 is 0 Å². The molecule has 0 aromatic heterocycles. The Morgan fingerprint density at radius 3 is 2.50 bits per heavy atom. The van der Waals surface area contributed by atoms with Crippen LogP contribution in [0.25, 0.3) is 0 Å². The average molecular weight is 339 g/mol. The summed E-state index contributed by atoms with van der Waals surface area (Å²) in [4.78, 5) is 19.9. The number of amidine groups is 1. The van der Waals surface area contributed by atoms with Crippen molar-refractivity contribution in [3.63, 3.8) is 0 Å². The van der Waals surface area contributed by atoms with Crippen molar-refractivity contribution in [3.05, 3.63) is 24.3 Å². The maximum Gasteiger partial charge on any atom is 0.224 e. The second-order valence-corrected chi connectivity index (χ2v) is 6.60. The Labute approximate surface area is 141 Å². The van der Waals surface area contributed by atoms with Gasteiger partial charge in [-0.2, -0.15) is 0 Å². The number of hydrogen-bond donors (Lipinski definition) is 1. The Balaban J connectivity index is 2.98. The number of carbonyl (C=O) groups is 1. The number of rotatable bonds is 3. The van der Waals surface area contributed by atoms with Crippen LogP contribution in [0.1, 0.15) is 13.3 Å². The number of nitrogens with zero attached hydrogens (tertiary/aromatic N) is 3. The van der Waals surface area contributed by atoms with Gasteiger partial charge < -0.3 is 15.1 Å². The van der Waals surface area contributed by atoms with Gasteiger partial charge >= 0.3 is 0 Å². The molecule has 0 spiro atoms. The molecule has 0 aliphatic carbocycles. The fourth-order valence-corrected chi connectivity index (χ4v) is 2.29. The van der Waals surface area contributed by atoms with Crippen LogP contribution < -0.4 is 5.32 Å². The molecule has 5 nitrogen and oxygen atoms in total. The molecule has 1 aromatic rings. The molecule has 1 N–H and O–H groups in total. The molecule has 0 atom stereocenters. The Morgan fingerprint density at radius 2 is 1.95 bits per heavy atom. The van der Waals surface area contributed by atoms with Gasteiger partial charge in [0.2, 0.25) is 5.91 Å². The summed E-state index contributed by atoms with van der Waals surface area (Å²) in [7, 11) is 7.66. The third-order valence-electron chi connectivity index (χ3n) is 2.60. The van der Waals surface area contributed by atoms with E-state index in [1.165, 1.54) is 11.8 Å². The minimum absolute atomic E-state index is 0.0166. The van der Waals surface area contributed by atoms with E-state index in [0.29, 0.717) is 6.42 Å². The van der Waals surface area contributed by atoms with Crippen LogP contribution in [0.4, 0.5) is 11.4 Å². The van der Waals surface area contributed by atoms with Gasteiger partial charge in [-0.1, -0.05) is 25.2 Å². The molecular weight excluding hydrogens is 316 g/mol. The van der Waals surface area contributed by atoms with Gasteiger partial charge in [0.1, 0.15) is 4.32 Å². The Kier molecular flexibility index (Phi) is 7.34. The van der Waals surface area contributed by atoms with E-state index in [0.717, 1.165) is 20.9 Å². The summed E-state index contributed by atoms with van der Waals surface area (Å²) in [6.45, 7) is 1.82. The van der Waals surface area contributed by atoms with Crippen molar-refractivity contribution in [1.82, 2.24) is 9.80 Å². The van der Waals surface area contributed by atoms with Crippen molar-refractivity contribution in [3.8, 4) is 0 Å². The maximum absolute atomic E-state index is 11.5. The zero-order valence-corrected chi connectivity index (χ0v) is 15.2. The molecule has 1 aromatic carbocycles. The van der Waals surface area contributed by atoms with E-state index in [9.17, 15) is 4.79 Å². The highest BCUT2D eigenvalue weighted by Gasteiger charge is 2.10. The standard InChI is InChI=1S/C15H22N4OS2/c1-6-13(20)16-11-8-7-9-12(10-11)17-14(18(2)3)22-15(21)19(4)5/h7-10H,6H2,1-5H3,(H,16,20). The number of aliphatic imine (C=N–C) groups is 1. The predicted octanol–water partition coefficient (Wildman–Crippen LogP) is 3.16. The topological polar surface area (TPSA) is 47.9 Å².